The van der Waals surface area contributed by atoms with Crippen LogP contribution in [-0.4, -0.2) is 71.9 Å². The Bertz CT molecular complexity index is 905. The Balaban J connectivity index is 1.34. The van der Waals surface area contributed by atoms with E-state index in [9.17, 15) is 19.8 Å². The van der Waals surface area contributed by atoms with E-state index in [4.69, 9.17) is 4.74 Å². The second-order valence-corrected chi connectivity index (χ2v) is 11.9. The second kappa shape index (κ2) is 14.7. The van der Waals surface area contributed by atoms with Crippen molar-refractivity contribution in [2.75, 3.05) is 32.7 Å². The number of carbonyl (C=O) groups is 2. The number of ether oxygens (including phenoxy) is 1. The van der Waals surface area contributed by atoms with E-state index in [1.165, 1.54) is 6.07 Å². The molecule has 1 aliphatic carbocycles. The topological polar surface area (TPSA) is 111 Å². The average molecular weight is 532 g/mol. The first-order chi connectivity index (χ1) is 18.2. The molecule has 1 aromatic rings. The average Bonchev–Trinajstić information content (AvgIpc) is 3.38. The quantitative estimate of drug-likeness (QED) is 0.218. The molecular weight excluding hydrogens is 482 g/mol. The van der Waals surface area contributed by atoms with Gasteiger partial charge in [0.2, 0.25) is 0 Å². The smallest absolute Gasteiger partial charge is 0.323 e. The summed E-state index contributed by atoms with van der Waals surface area (Å²) in [7, 11) is 0. The van der Waals surface area contributed by atoms with Crippen LogP contribution in [0.2, 0.25) is 0 Å². The van der Waals surface area contributed by atoms with Gasteiger partial charge < -0.3 is 30.5 Å². The summed E-state index contributed by atoms with van der Waals surface area (Å²) in [5, 5.41) is 27.3. The first kappa shape index (κ1) is 30.2. The fourth-order valence-corrected chi connectivity index (χ4v) is 5.52. The van der Waals surface area contributed by atoms with Crippen LogP contribution in [0, 0.1) is 11.8 Å². The van der Waals surface area contributed by atoms with Gasteiger partial charge in [0.1, 0.15) is 23.6 Å². The normalized spacial score (nSPS) is 17.9. The van der Waals surface area contributed by atoms with Gasteiger partial charge in [0.05, 0.1) is 5.56 Å². The van der Waals surface area contributed by atoms with Gasteiger partial charge in [0.15, 0.2) is 0 Å². The molecule has 1 atom stereocenters. The van der Waals surface area contributed by atoms with Crippen molar-refractivity contribution in [1.29, 1.82) is 0 Å². The Morgan fingerprint density at radius 2 is 1.68 bits per heavy atom. The number of hydrogen-bond donors (Lipinski definition) is 4. The van der Waals surface area contributed by atoms with Crippen molar-refractivity contribution in [2.45, 2.75) is 97.1 Å². The molecule has 8 heteroatoms. The molecule has 0 radical (unpaired) electrons. The van der Waals surface area contributed by atoms with Crippen molar-refractivity contribution < 1.29 is 24.5 Å². The Labute approximate surface area is 228 Å². The minimum atomic E-state index is -0.234. The number of nitrogens with one attached hydrogen (secondary N) is 2. The highest BCUT2D eigenvalue weighted by molar-refractivity contribution is 5.97. The summed E-state index contributed by atoms with van der Waals surface area (Å²) >= 11 is 0. The highest BCUT2D eigenvalue weighted by atomic mass is 16.5. The van der Waals surface area contributed by atoms with E-state index < -0.39 is 0 Å². The molecule has 0 aromatic heterocycles. The molecule has 0 unspecified atom stereocenters. The minimum Gasteiger partial charge on any atom is -0.508 e. The predicted molar refractivity (Wildman–Crippen MR) is 150 cm³/mol. The molecule has 1 aliphatic heterocycles. The fourth-order valence-electron chi connectivity index (χ4n) is 5.52. The van der Waals surface area contributed by atoms with Crippen molar-refractivity contribution >= 4 is 11.9 Å². The molecule has 0 spiro atoms. The highest BCUT2D eigenvalue weighted by Gasteiger charge is 2.27. The number of likely N-dealkylation sites (tertiary alicyclic amines) is 1. The van der Waals surface area contributed by atoms with E-state index in [0.29, 0.717) is 30.5 Å². The molecule has 0 bridgehead atoms. The lowest BCUT2D eigenvalue weighted by Gasteiger charge is -2.32. The number of phenols is 2. The summed E-state index contributed by atoms with van der Waals surface area (Å²) in [4.78, 5) is 27.5. The number of aromatic hydroxyl groups is 2. The van der Waals surface area contributed by atoms with Crippen LogP contribution in [-0.2, 0) is 9.53 Å². The number of phenolic OH excluding ortho intramolecular Hbond substituents is 2. The molecule has 4 N–H and O–H groups in total. The zero-order valence-corrected chi connectivity index (χ0v) is 23.8. The Hall–Kier alpha value is -2.32. The lowest BCUT2D eigenvalue weighted by molar-refractivity contribution is -0.151. The summed E-state index contributed by atoms with van der Waals surface area (Å²) in [5.41, 5.74) is 0.930. The molecule has 1 saturated carbocycles. The highest BCUT2D eigenvalue weighted by Crippen LogP contribution is 2.33. The molecule has 3 rings (SSSR count). The summed E-state index contributed by atoms with van der Waals surface area (Å²) in [5.74, 6) is 0.563. The van der Waals surface area contributed by atoms with E-state index in [1.807, 2.05) is 13.8 Å². The number of benzene rings is 1. The van der Waals surface area contributed by atoms with Gasteiger partial charge in [-0.2, -0.15) is 0 Å². The predicted octanol–water partition coefficient (Wildman–Crippen LogP) is 4.54. The van der Waals surface area contributed by atoms with E-state index in [1.54, 1.807) is 11.0 Å². The Morgan fingerprint density at radius 3 is 2.32 bits per heavy atom. The standard InChI is InChI=1S/C30H49N3O5/c1-20(2)16-26(30(37)38-23-8-5-6-9-23)32-13-7-12-31-19-22-10-14-33(15-11-22)29(36)25-17-24(21(3)4)27(34)18-28(25)35/h17-18,20-23,26,31-32,34-35H,5-16,19H2,1-4H3/t26-/m0/s1. The van der Waals surface area contributed by atoms with Gasteiger partial charge >= 0.3 is 5.97 Å². The van der Waals surface area contributed by atoms with Crippen molar-refractivity contribution in [3.05, 3.63) is 23.3 Å². The van der Waals surface area contributed by atoms with Crippen LogP contribution in [0.25, 0.3) is 0 Å². The third-order valence-corrected chi connectivity index (χ3v) is 7.83. The minimum absolute atomic E-state index is 0.0217. The van der Waals surface area contributed by atoms with Gasteiger partial charge in [0.25, 0.3) is 5.91 Å². The summed E-state index contributed by atoms with van der Waals surface area (Å²) in [6.45, 7) is 12.0. The maximum atomic E-state index is 13.0. The van der Waals surface area contributed by atoms with Gasteiger partial charge in [-0.1, -0.05) is 27.7 Å². The Kier molecular flexibility index (Phi) is 11.7. The molecule has 38 heavy (non-hydrogen) atoms. The van der Waals surface area contributed by atoms with Crippen LogP contribution in [0.1, 0.15) is 101 Å². The maximum Gasteiger partial charge on any atom is 0.323 e. The van der Waals surface area contributed by atoms with E-state index >= 15 is 0 Å². The lowest BCUT2D eigenvalue weighted by atomic mass is 9.95. The van der Waals surface area contributed by atoms with Gasteiger partial charge in [-0.3, -0.25) is 9.59 Å². The second-order valence-electron chi connectivity index (χ2n) is 11.9. The zero-order valence-electron chi connectivity index (χ0n) is 23.8. The van der Waals surface area contributed by atoms with Crippen LogP contribution in [0.5, 0.6) is 11.5 Å². The summed E-state index contributed by atoms with van der Waals surface area (Å²) in [6.07, 6.45) is 7.95. The van der Waals surface area contributed by atoms with Crippen molar-refractivity contribution in [3.8, 4) is 11.5 Å². The molecule has 1 heterocycles. The van der Waals surface area contributed by atoms with E-state index in [-0.39, 0.29) is 47.0 Å². The molecule has 1 amide bonds. The first-order valence-electron chi connectivity index (χ1n) is 14.6. The third kappa shape index (κ3) is 8.87. The number of hydrogen-bond acceptors (Lipinski definition) is 7. The summed E-state index contributed by atoms with van der Waals surface area (Å²) < 4.78 is 5.74. The fraction of sp³-hybridized carbons (Fsp3) is 0.733. The van der Waals surface area contributed by atoms with Crippen molar-refractivity contribution in [1.82, 2.24) is 15.5 Å². The number of carbonyl (C=O) groups excluding carboxylic acids is 2. The van der Waals surface area contributed by atoms with E-state index in [2.05, 4.69) is 24.5 Å². The molecule has 2 fully saturated rings. The molecule has 1 saturated heterocycles. The van der Waals surface area contributed by atoms with Crippen molar-refractivity contribution in [2.24, 2.45) is 11.8 Å². The monoisotopic (exact) mass is 531 g/mol. The van der Waals surface area contributed by atoms with Crippen LogP contribution >= 0.6 is 0 Å². The van der Waals surface area contributed by atoms with Crippen LogP contribution < -0.4 is 10.6 Å². The molecule has 8 nitrogen and oxygen atoms in total. The number of nitrogens with zero attached hydrogens (tertiary/aromatic N) is 1. The van der Waals surface area contributed by atoms with Gasteiger partial charge in [-0.15, -0.1) is 0 Å². The third-order valence-electron chi connectivity index (χ3n) is 7.83. The van der Waals surface area contributed by atoms with E-state index in [0.717, 1.165) is 71.0 Å². The molecule has 1 aromatic carbocycles. The number of rotatable bonds is 13. The van der Waals surface area contributed by atoms with Crippen LogP contribution in [0.4, 0.5) is 0 Å². The van der Waals surface area contributed by atoms with Crippen LogP contribution in [0.15, 0.2) is 12.1 Å². The maximum absolute atomic E-state index is 13.0. The molecule has 214 valence electrons. The van der Waals surface area contributed by atoms with Crippen molar-refractivity contribution in [3.63, 3.8) is 0 Å². The molecular formula is C30H49N3O5. The number of esters is 1. The summed E-state index contributed by atoms with van der Waals surface area (Å²) in [6, 6.07) is 2.67. The zero-order chi connectivity index (χ0) is 27.7. The van der Waals surface area contributed by atoms with Gasteiger partial charge in [0, 0.05) is 19.2 Å². The van der Waals surface area contributed by atoms with Gasteiger partial charge in [-0.05, 0) is 100 Å². The van der Waals surface area contributed by atoms with Gasteiger partial charge in [-0.25, -0.2) is 0 Å². The number of amides is 1. The molecule has 2 aliphatic rings. The Morgan fingerprint density at radius 1 is 1.00 bits per heavy atom. The SMILES string of the molecule is CC(C)C[C@H](NCCCNCC1CCN(C(=O)c2cc(C(C)C)c(O)cc2O)CC1)C(=O)OC1CCCC1. The number of piperidine rings is 1. The largest absolute Gasteiger partial charge is 0.508 e. The lowest BCUT2D eigenvalue weighted by Crippen LogP contribution is -2.42. The van der Waals surface area contributed by atoms with Crippen LogP contribution in [0.3, 0.4) is 0 Å². The first-order valence-corrected chi connectivity index (χ1v) is 14.6.